The van der Waals surface area contributed by atoms with E-state index < -0.39 is 18.4 Å². The molecule has 0 aliphatic carbocycles. The van der Waals surface area contributed by atoms with Crippen molar-refractivity contribution in [1.82, 2.24) is 9.55 Å². The molecule has 166 valence electrons. The molecule has 0 saturated carbocycles. The van der Waals surface area contributed by atoms with E-state index in [1.807, 2.05) is 12.3 Å². The van der Waals surface area contributed by atoms with Crippen molar-refractivity contribution < 1.29 is 4.57 Å². The minimum absolute atomic E-state index is 1.06. The second-order valence-corrected chi connectivity index (χ2v) is 21.8. The van der Waals surface area contributed by atoms with Crippen LogP contribution in [-0.4, -0.2) is 27.9 Å². The average Bonchev–Trinajstić information content (AvgIpc) is 3.25. The first-order valence-corrected chi connectivity index (χ1v) is 20.1. The third-order valence-electron chi connectivity index (χ3n) is 6.30. The van der Waals surface area contributed by atoms with Crippen molar-refractivity contribution in [1.29, 1.82) is 0 Å². The molecule has 0 N–H and O–H groups in total. The molecule has 0 atom stereocenters. The number of hydrogen-bond donors (Lipinski definition) is 0. The predicted molar refractivity (Wildman–Crippen MR) is 132 cm³/mol. The number of nitrogens with zero attached hydrogens (tertiary/aromatic N) is 3. The van der Waals surface area contributed by atoms with Crippen LogP contribution in [0.25, 0.3) is 6.08 Å². The van der Waals surface area contributed by atoms with Gasteiger partial charge in [0.1, 0.15) is 0 Å². The van der Waals surface area contributed by atoms with Crippen LogP contribution in [0.2, 0.25) is 13.3 Å². The second-order valence-electron chi connectivity index (χ2n) is 8.80. The van der Waals surface area contributed by atoms with Crippen LogP contribution >= 0.6 is 0 Å². The first kappa shape index (κ1) is 25.2. The van der Waals surface area contributed by atoms with Crippen molar-refractivity contribution in [2.75, 3.05) is 0 Å². The number of pyridine rings is 1. The number of unbranched alkanes of at least 4 members (excludes halogenated alkanes) is 5. The molecule has 3 nitrogen and oxygen atoms in total. The maximum absolute atomic E-state index is 4.54. The minimum atomic E-state index is -2.26. The molecule has 2 aromatic rings. The quantitative estimate of drug-likeness (QED) is 0.133. The molecule has 2 heterocycles. The number of aryl methyl sites for hydroxylation is 2. The molecule has 4 heteroatoms. The molecule has 30 heavy (non-hydrogen) atoms. The Balaban J connectivity index is 1.87. The predicted octanol–water partition coefficient (Wildman–Crippen LogP) is 7.05. The van der Waals surface area contributed by atoms with E-state index in [0.29, 0.717) is 0 Å². The van der Waals surface area contributed by atoms with Gasteiger partial charge in [0.2, 0.25) is 0 Å². The zero-order chi connectivity index (χ0) is 21.5. The van der Waals surface area contributed by atoms with Gasteiger partial charge in [-0.05, 0) is 0 Å². The van der Waals surface area contributed by atoms with E-state index in [4.69, 9.17) is 0 Å². The molecule has 2 aromatic heterocycles. The summed E-state index contributed by atoms with van der Waals surface area (Å²) in [4.78, 5) is 4.54. The van der Waals surface area contributed by atoms with Crippen molar-refractivity contribution in [3.05, 3.63) is 52.9 Å². The molecule has 0 amide bonds. The van der Waals surface area contributed by atoms with E-state index in [1.54, 1.807) is 0 Å². The van der Waals surface area contributed by atoms with Gasteiger partial charge >= 0.3 is 190 Å². The summed E-state index contributed by atoms with van der Waals surface area (Å²) in [5.41, 5.74) is 1.14. The third kappa shape index (κ3) is 9.36. The van der Waals surface area contributed by atoms with Gasteiger partial charge in [-0.25, -0.2) is 0 Å². The number of imidazole rings is 1. The average molecular weight is 517 g/mol. The topological polar surface area (TPSA) is 21.7 Å². The summed E-state index contributed by atoms with van der Waals surface area (Å²) in [6.07, 6.45) is 21.9. The summed E-state index contributed by atoms with van der Waals surface area (Å²) in [6, 6.07) is 6.27. The van der Waals surface area contributed by atoms with Gasteiger partial charge in [0.05, 0.1) is 0 Å². The van der Waals surface area contributed by atoms with Crippen LogP contribution in [0.1, 0.15) is 77.8 Å². The van der Waals surface area contributed by atoms with Gasteiger partial charge in [-0.3, -0.25) is 0 Å². The van der Waals surface area contributed by atoms with Crippen LogP contribution in [0.5, 0.6) is 0 Å². The normalized spacial score (nSPS) is 12.1. The van der Waals surface area contributed by atoms with E-state index in [1.165, 1.54) is 64.7 Å². The molecule has 0 bridgehead atoms. The summed E-state index contributed by atoms with van der Waals surface area (Å²) in [5.74, 6) is 0. The molecule has 0 aliphatic heterocycles. The van der Waals surface area contributed by atoms with Crippen molar-refractivity contribution in [3.8, 4) is 0 Å². The Morgan fingerprint density at radius 2 is 1.67 bits per heavy atom. The second kappa shape index (κ2) is 14.8. The van der Waals surface area contributed by atoms with Crippen molar-refractivity contribution >= 4 is 24.5 Å². The Morgan fingerprint density at radius 3 is 2.30 bits per heavy atom. The molecule has 0 aliphatic rings. The Bertz CT molecular complexity index is 700. The Labute approximate surface area is 189 Å². The zero-order valence-electron chi connectivity index (χ0n) is 19.7. The van der Waals surface area contributed by atoms with Gasteiger partial charge in [0, 0.05) is 0 Å². The van der Waals surface area contributed by atoms with Crippen LogP contribution in [0.4, 0.5) is 0 Å². The van der Waals surface area contributed by atoms with Gasteiger partial charge in [-0.1, -0.05) is 0 Å². The molecule has 0 fully saturated rings. The standard InChI is InChI=1S/C11H20N2.C7H6N.2C4H9.Sn/c1-3-5-6-7-8-13-10-9-12(4-2)11-13;1-2-7-5-3-4-6-8-7;2*1-3-4-2;/h9-11H,1,3-8H2,2H3;1-6H;2*1,3-4H2,2H3;/q+1;;;;. The van der Waals surface area contributed by atoms with Crippen molar-refractivity contribution in [2.45, 2.75) is 98.5 Å². The molecule has 0 aromatic carbocycles. The van der Waals surface area contributed by atoms with E-state index in [0.717, 1.165) is 18.8 Å². The van der Waals surface area contributed by atoms with Crippen molar-refractivity contribution in [2.24, 2.45) is 0 Å². The zero-order valence-corrected chi connectivity index (χ0v) is 22.6. The number of hydrogen-bond acceptors (Lipinski definition) is 1. The Kier molecular flexibility index (Phi) is 12.4. The van der Waals surface area contributed by atoms with Gasteiger partial charge in [0.15, 0.2) is 0 Å². The van der Waals surface area contributed by atoms with Crippen LogP contribution in [-0.2, 0) is 13.1 Å². The van der Waals surface area contributed by atoms with E-state index >= 15 is 0 Å². The van der Waals surface area contributed by atoms with E-state index in [-0.39, 0.29) is 0 Å². The van der Waals surface area contributed by atoms with Crippen LogP contribution in [0, 0.1) is 0 Å². The van der Waals surface area contributed by atoms with Crippen molar-refractivity contribution in [3.63, 3.8) is 0 Å². The molecule has 0 unspecified atom stereocenters. The fourth-order valence-corrected chi connectivity index (χ4v) is 18.1. The van der Waals surface area contributed by atoms with Crippen LogP contribution in [0.3, 0.4) is 0 Å². The number of aromatic nitrogens is 3. The fraction of sp³-hybridized carbons (Fsp3) is 0.615. The third-order valence-corrected chi connectivity index (χ3v) is 20.4. The Morgan fingerprint density at radius 1 is 0.933 bits per heavy atom. The van der Waals surface area contributed by atoms with Crippen LogP contribution < -0.4 is 4.57 Å². The summed E-state index contributed by atoms with van der Waals surface area (Å²) in [5, 5.41) is 0. The summed E-state index contributed by atoms with van der Waals surface area (Å²) >= 11 is -2.26. The molecular formula is C26H44N3Sn+. The maximum atomic E-state index is 4.54. The monoisotopic (exact) mass is 518 g/mol. The summed E-state index contributed by atoms with van der Waals surface area (Å²) in [7, 11) is 0. The van der Waals surface area contributed by atoms with Gasteiger partial charge < -0.3 is 0 Å². The van der Waals surface area contributed by atoms with Gasteiger partial charge in [-0.15, -0.1) is 0 Å². The molecule has 0 spiro atoms. The summed E-state index contributed by atoms with van der Waals surface area (Å²) in [6.45, 7) is 9.11. The first-order valence-electron chi connectivity index (χ1n) is 12.4. The van der Waals surface area contributed by atoms with E-state index in [9.17, 15) is 0 Å². The van der Waals surface area contributed by atoms with Crippen LogP contribution in [0.15, 0.2) is 47.2 Å². The number of rotatable bonds is 16. The molecular weight excluding hydrogens is 473 g/mol. The molecule has 2 rings (SSSR count). The molecule has 0 saturated heterocycles. The van der Waals surface area contributed by atoms with E-state index in [2.05, 4.69) is 75.9 Å². The Hall–Kier alpha value is -1.10. The van der Waals surface area contributed by atoms with Gasteiger partial charge in [0.25, 0.3) is 0 Å². The summed E-state index contributed by atoms with van der Waals surface area (Å²) < 4.78 is 11.9. The van der Waals surface area contributed by atoms with Gasteiger partial charge in [-0.2, -0.15) is 0 Å². The molecule has 0 radical (unpaired) electrons. The first-order chi connectivity index (χ1) is 14.7. The SMILES string of the molecule is CCC[CH2][Sn](/[CH]=C/c1ccccn1)([CH2]CCC)[CH2]CCCCC[n+]1ccn(CC)c1. The fourth-order valence-electron chi connectivity index (χ4n) is 4.30.